The minimum atomic E-state index is -0.176. The molecule has 3 heterocycles. The van der Waals surface area contributed by atoms with Crippen LogP contribution < -0.4 is 10.1 Å². The van der Waals surface area contributed by atoms with E-state index in [-0.39, 0.29) is 5.91 Å². The van der Waals surface area contributed by atoms with Gasteiger partial charge in [-0.05, 0) is 49.4 Å². The summed E-state index contributed by atoms with van der Waals surface area (Å²) in [6.45, 7) is 3.58. The van der Waals surface area contributed by atoms with Gasteiger partial charge in [-0.15, -0.1) is 10.2 Å². The molecule has 1 aliphatic rings. The van der Waals surface area contributed by atoms with Gasteiger partial charge in [0.05, 0.1) is 19.3 Å². The van der Waals surface area contributed by atoms with Crippen LogP contribution in [0.2, 0.25) is 0 Å². The van der Waals surface area contributed by atoms with Crippen molar-refractivity contribution >= 4 is 17.2 Å². The van der Waals surface area contributed by atoms with Gasteiger partial charge in [0, 0.05) is 38.0 Å². The second-order valence-corrected chi connectivity index (χ2v) is 7.17. The number of rotatable bonds is 7. The fraction of sp³-hybridized carbons (Fsp3) is 0.381. The molecule has 0 saturated carbocycles. The summed E-state index contributed by atoms with van der Waals surface area (Å²) in [7, 11) is 3.33. The van der Waals surface area contributed by atoms with Crippen molar-refractivity contribution in [3.63, 3.8) is 0 Å². The number of aromatic nitrogens is 3. The second-order valence-electron chi connectivity index (χ2n) is 7.17. The number of carbonyl (C=O) groups excluding carboxylic acids is 1. The SMILES string of the molecule is COCCN1CC[C@@H](c2nnc3ccc(C(=O)Nc4ccc(OC)cc4)cn23)C1. The molecule has 2 aromatic heterocycles. The number of pyridine rings is 1. The van der Waals surface area contributed by atoms with E-state index in [0.717, 1.165) is 49.9 Å². The second kappa shape index (κ2) is 8.59. The lowest BCUT2D eigenvalue weighted by molar-refractivity contribution is 0.102. The van der Waals surface area contributed by atoms with Crippen LogP contribution in [-0.2, 0) is 4.74 Å². The molecule has 1 saturated heterocycles. The molecule has 4 rings (SSSR count). The Morgan fingerprint density at radius 2 is 2.00 bits per heavy atom. The van der Waals surface area contributed by atoms with Gasteiger partial charge < -0.3 is 19.7 Å². The Morgan fingerprint density at radius 3 is 2.76 bits per heavy atom. The predicted octanol–water partition coefficient (Wildman–Crippen LogP) is 2.43. The molecule has 0 aliphatic carbocycles. The molecule has 1 N–H and O–H groups in total. The average Bonchev–Trinajstić information content (AvgIpc) is 3.39. The number of nitrogens with zero attached hydrogens (tertiary/aromatic N) is 4. The van der Waals surface area contributed by atoms with Crippen molar-refractivity contribution in [3.8, 4) is 5.75 Å². The number of ether oxygens (including phenoxy) is 2. The number of benzene rings is 1. The number of carbonyl (C=O) groups is 1. The lowest BCUT2D eigenvalue weighted by Gasteiger charge is -2.14. The van der Waals surface area contributed by atoms with E-state index in [1.165, 1.54) is 0 Å². The Kier molecular flexibility index (Phi) is 5.73. The lowest BCUT2D eigenvalue weighted by Crippen LogP contribution is -2.24. The maximum atomic E-state index is 12.7. The maximum absolute atomic E-state index is 12.7. The Bertz CT molecular complexity index is 986. The van der Waals surface area contributed by atoms with Crippen molar-refractivity contribution in [2.75, 3.05) is 45.8 Å². The van der Waals surface area contributed by atoms with Gasteiger partial charge in [-0.1, -0.05) is 0 Å². The number of hydrogen-bond acceptors (Lipinski definition) is 6. The fourth-order valence-corrected chi connectivity index (χ4v) is 3.67. The molecule has 0 radical (unpaired) electrons. The topological polar surface area (TPSA) is 81.0 Å². The molecule has 8 nitrogen and oxygen atoms in total. The van der Waals surface area contributed by atoms with Crippen LogP contribution in [0.5, 0.6) is 5.75 Å². The van der Waals surface area contributed by atoms with E-state index in [0.29, 0.717) is 17.2 Å². The van der Waals surface area contributed by atoms with Gasteiger partial charge >= 0.3 is 0 Å². The molecular weight excluding hydrogens is 370 g/mol. The van der Waals surface area contributed by atoms with Crippen LogP contribution in [0, 0.1) is 0 Å². The molecule has 0 unspecified atom stereocenters. The zero-order valence-electron chi connectivity index (χ0n) is 16.7. The van der Waals surface area contributed by atoms with Crippen LogP contribution in [0.4, 0.5) is 5.69 Å². The minimum absolute atomic E-state index is 0.176. The molecule has 152 valence electrons. The van der Waals surface area contributed by atoms with Crippen molar-refractivity contribution in [2.24, 2.45) is 0 Å². The summed E-state index contributed by atoms with van der Waals surface area (Å²) in [6.07, 6.45) is 2.84. The van der Waals surface area contributed by atoms with E-state index in [1.807, 2.05) is 40.9 Å². The summed E-state index contributed by atoms with van der Waals surface area (Å²) in [5.74, 6) is 1.76. The van der Waals surface area contributed by atoms with Crippen LogP contribution in [0.15, 0.2) is 42.6 Å². The third kappa shape index (κ3) is 4.23. The first kappa shape index (κ1) is 19.4. The largest absolute Gasteiger partial charge is 0.497 e. The van der Waals surface area contributed by atoms with E-state index in [1.54, 1.807) is 20.3 Å². The summed E-state index contributed by atoms with van der Waals surface area (Å²) < 4.78 is 12.3. The molecule has 1 atom stereocenters. The lowest BCUT2D eigenvalue weighted by atomic mass is 10.1. The first-order valence-corrected chi connectivity index (χ1v) is 9.69. The first-order chi connectivity index (χ1) is 14.2. The molecular formula is C21H25N5O3. The van der Waals surface area contributed by atoms with E-state index in [2.05, 4.69) is 20.4 Å². The van der Waals surface area contributed by atoms with Gasteiger partial charge in [0.1, 0.15) is 11.6 Å². The highest BCUT2D eigenvalue weighted by Gasteiger charge is 2.27. The zero-order valence-corrected chi connectivity index (χ0v) is 16.7. The van der Waals surface area contributed by atoms with Gasteiger partial charge in [0.15, 0.2) is 5.65 Å². The van der Waals surface area contributed by atoms with Gasteiger partial charge in [0.25, 0.3) is 5.91 Å². The quantitative estimate of drug-likeness (QED) is 0.662. The van der Waals surface area contributed by atoms with Gasteiger partial charge in [-0.25, -0.2) is 0 Å². The Hall–Kier alpha value is -2.97. The smallest absolute Gasteiger partial charge is 0.257 e. The number of amides is 1. The van der Waals surface area contributed by atoms with Crippen molar-refractivity contribution in [1.29, 1.82) is 0 Å². The van der Waals surface area contributed by atoms with Crippen LogP contribution >= 0.6 is 0 Å². The predicted molar refractivity (Wildman–Crippen MR) is 110 cm³/mol. The number of fused-ring (bicyclic) bond motifs is 1. The molecule has 29 heavy (non-hydrogen) atoms. The molecule has 0 spiro atoms. The number of anilines is 1. The Balaban J connectivity index is 1.51. The monoisotopic (exact) mass is 395 g/mol. The van der Waals surface area contributed by atoms with E-state index in [9.17, 15) is 4.79 Å². The van der Waals surface area contributed by atoms with Crippen LogP contribution in [0.1, 0.15) is 28.5 Å². The van der Waals surface area contributed by atoms with Gasteiger partial charge in [-0.3, -0.25) is 9.20 Å². The van der Waals surface area contributed by atoms with Gasteiger partial charge in [-0.2, -0.15) is 0 Å². The fourth-order valence-electron chi connectivity index (χ4n) is 3.67. The number of nitrogens with one attached hydrogen (secondary N) is 1. The third-order valence-corrected chi connectivity index (χ3v) is 5.29. The molecule has 3 aromatic rings. The van der Waals surface area contributed by atoms with Crippen LogP contribution in [-0.4, -0.2) is 65.9 Å². The van der Waals surface area contributed by atoms with Crippen LogP contribution in [0.25, 0.3) is 5.65 Å². The third-order valence-electron chi connectivity index (χ3n) is 5.29. The van der Waals surface area contributed by atoms with E-state index in [4.69, 9.17) is 9.47 Å². The molecule has 8 heteroatoms. The standard InChI is InChI=1S/C21H25N5O3/c1-28-12-11-25-10-9-15(13-25)20-24-23-19-8-3-16(14-26(19)20)21(27)22-17-4-6-18(29-2)7-5-17/h3-8,14-15H,9-13H2,1-2H3,(H,22,27)/t15-/m1/s1. The highest BCUT2D eigenvalue weighted by Crippen LogP contribution is 2.26. The Labute approximate surface area is 169 Å². The highest BCUT2D eigenvalue weighted by molar-refractivity contribution is 6.04. The van der Waals surface area contributed by atoms with Gasteiger partial charge in [0.2, 0.25) is 0 Å². The number of methoxy groups -OCH3 is 2. The number of hydrogen-bond donors (Lipinski definition) is 1. The zero-order chi connectivity index (χ0) is 20.2. The molecule has 1 amide bonds. The molecule has 1 aliphatic heterocycles. The van der Waals surface area contributed by atoms with E-state index < -0.39 is 0 Å². The van der Waals surface area contributed by atoms with Crippen LogP contribution in [0.3, 0.4) is 0 Å². The molecule has 1 fully saturated rings. The summed E-state index contributed by atoms with van der Waals surface area (Å²) in [6, 6.07) is 10.8. The van der Waals surface area contributed by atoms with E-state index >= 15 is 0 Å². The Morgan fingerprint density at radius 1 is 1.17 bits per heavy atom. The van der Waals surface area contributed by atoms with Crippen molar-refractivity contribution in [2.45, 2.75) is 12.3 Å². The maximum Gasteiger partial charge on any atom is 0.257 e. The summed E-state index contributed by atoms with van der Waals surface area (Å²) in [5, 5.41) is 11.6. The summed E-state index contributed by atoms with van der Waals surface area (Å²) >= 11 is 0. The average molecular weight is 395 g/mol. The highest BCUT2D eigenvalue weighted by atomic mass is 16.5. The van der Waals surface area contributed by atoms with Crippen molar-refractivity contribution in [1.82, 2.24) is 19.5 Å². The minimum Gasteiger partial charge on any atom is -0.497 e. The number of likely N-dealkylation sites (tertiary alicyclic amines) is 1. The first-order valence-electron chi connectivity index (χ1n) is 9.69. The van der Waals surface area contributed by atoms with Crippen molar-refractivity contribution < 1.29 is 14.3 Å². The normalized spacial score (nSPS) is 17.0. The summed E-state index contributed by atoms with van der Waals surface area (Å²) in [5.41, 5.74) is 2.02. The summed E-state index contributed by atoms with van der Waals surface area (Å²) in [4.78, 5) is 15.1. The molecule has 1 aromatic carbocycles. The van der Waals surface area contributed by atoms with Crippen molar-refractivity contribution in [3.05, 3.63) is 54.0 Å². The molecule has 0 bridgehead atoms.